The second kappa shape index (κ2) is 45.4. The van der Waals surface area contributed by atoms with Gasteiger partial charge in [0.15, 0.2) is 6.10 Å². The summed E-state index contributed by atoms with van der Waals surface area (Å²) in [6.45, 7) is 4.20. The molecule has 0 aromatic rings. The monoisotopic (exact) mass is 917 g/mol. The maximum Gasteiger partial charge on any atom is 0.472 e. The fourth-order valence-corrected chi connectivity index (χ4v) is 7.22. The molecule has 0 spiro atoms. The number of phosphoric ester groups is 1. The van der Waals surface area contributed by atoms with Crippen molar-refractivity contribution in [1.82, 2.24) is 0 Å². The number of rotatable bonds is 45. The molecule has 0 aliphatic heterocycles. The molecule has 10 heteroatoms. The third kappa shape index (κ3) is 48.6. The van der Waals surface area contributed by atoms with Crippen molar-refractivity contribution in [2.45, 2.75) is 200 Å². The number of likely N-dealkylation sites (N-methyl/N-ethyl adjacent to an activating group) is 1. The first-order chi connectivity index (χ1) is 31.0. The molecular formula is C54H95NO8P+. The summed E-state index contributed by atoms with van der Waals surface area (Å²) in [5, 5.41) is 0. The number of carbonyl (C=O) groups excluding carboxylic acids is 2. The minimum absolute atomic E-state index is 0.0119. The summed E-state index contributed by atoms with van der Waals surface area (Å²) in [6.07, 6.45) is 59.5. The van der Waals surface area contributed by atoms with E-state index < -0.39 is 32.5 Å². The standard InChI is InChI=1S/C54H94NO8P/c1-6-8-10-12-14-16-18-20-22-24-25-26-27-28-29-31-33-35-37-39-41-43-45-47-54(57)63-52(51-62-64(58,59)61-49-48-55(3,4)5)50-60-53(56)46-44-42-40-38-36-34-32-30-23-21-19-17-15-13-11-9-7-2/h9,11,15,17,21,23,31-34,38-41,52H,6-8,10,12-14,16,18-20,22,24-30,35-37,42-51H2,1-5H3/p+1/b11-9+,17-15+,23-21+,33-31+,34-32+,40-38+,41-39+/t52-/m1/s1. The van der Waals surface area contributed by atoms with Crippen LogP contribution >= 0.6 is 7.82 Å². The van der Waals surface area contributed by atoms with E-state index in [1.54, 1.807) is 0 Å². The molecule has 0 saturated carbocycles. The number of ether oxygens (including phenoxy) is 2. The molecule has 368 valence electrons. The van der Waals surface area contributed by atoms with E-state index in [1.807, 2.05) is 21.1 Å². The molecular weight excluding hydrogens is 822 g/mol. The smallest absolute Gasteiger partial charge is 0.462 e. The molecule has 9 nitrogen and oxygen atoms in total. The number of allylic oxidation sites excluding steroid dienone is 14. The summed E-state index contributed by atoms with van der Waals surface area (Å²) in [4.78, 5) is 35.5. The first-order valence-corrected chi connectivity index (χ1v) is 26.8. The highest BCUT2D eigenvalue weighted by Gasteiger charge is 2.27. The highest BCUT2D eigenvalue weighted by Crippen LogP contribution is 2.43. The van der Waals surface area contributed by atoms with Crippen LogP contribution in [0, 0.1) is 0 Å². The Morgan fingerprint density at radius 1 is 0.500 bits per heavy atom. The van der Waals surface area contributed by atoms with Gasteiger partial charge in [0.05, 0.1) is 27.7 Å². The SMILES string of the molecule is CC/C=C/C/C=C/C/C=C/C/C=C/C/C=C/CCCC(=O)OC[C@H](COP(=O)(O)OCC[N+](C)(C)C)OC(=O)CCC/C=C/CC/C=C/CCCCCCCCCCCCCCCC. The van der Waals surface area contributed by atoms with Gasteiger partial charge in [0.1, 0.15) is 19.8 Å². The number of quaternary nitrogens is 1. The van der Waals surface area contributed by atoms with Gasteiger partial charge in [-0.1, -0.05) is 182 Å². The normalized spacial score (nSPS) is 14.2. The van der Waals surface area contributed by atoms with Gasteiger partial charge >= 0.3 is 19.8 Å². The van der Waals surface area contributed by atoms with Crippen molar-refractivity contribution in [2.24, 2.45) is 0 Å². The van der Waals surface area contributed by atoms with Crippen molar-refractivity contribution in [1.29, 1.82) is 0 Å². The number of esters is 2. The van der Waals surface area contributed by atoms with E-state index in [4.69, 9.17) is 18.5 Å². The Bertz CT molecular complexity index is 1360. The summed E-state index contributed by atoms with van der Waals surface area (Å²) in [5.74, 6) is -0.920. The summed E-state index contributed by atoms with van der Waals surface area (Å²) in [5.41, 5.74) is 0. The van der Waals surface area contributed by atoms with Crippen LogP contribution in [-0.2, 0) is 32.7 Å². The van der Waals surface area contributed by atoms with Crippen LogP contribution in [0.2, 0.25) is 0 Å². The fraction of sp³-hybridized carbons (Fsp3) is 0.704. The molecule has 0 aliphatic carbocycles. The van der Waals surface area contributed by atoms with Gasteiger partial charge in [-0.25, -0.2) is 4.57 Å². The summed E-state index contributed by atoms with van der Waals surface area (Å²) >= 11 is 0. The zero-order chi connectivity index (χ0) is 47.1. The van der Waals surface area contributed by atoms with Crippen LogP contribution in [0.5, 0.6) is 0 Å². The van der Waals surface area contributed by atoms with Crippen LogP contribution < -0.4 is 0 Å². The third-order valence-corrected chi connectivity index (χ3v) is 11.4. The molecule has 0 rings (SSSR count). The zero-order valence-electron chi connectivity index (χ0n) is 41.5. The zero-order valence-corrected chi connectivity index (χ0v) is 42.4. The minimum atomic E-state index is -4.41. The summed E-state index contributed by atoms with van der Waals surface area (Å²) in [6, 6.07) is 0. The third-order valence-electron chi connectivity index (χ3n) is 10.4. The van der Waals surface area contributed by atoms with Crippen molar-refractivity contribution < 1.29 is 42.1 Å². The Morgan fingerprint density at radius 2 is 0.906 bits per heavy atom. The average Bonchev–Trinajstić information content (AvgIpc) is 3.25. The first kappa shape index (κ1) is 61.2. The second-order valence-corrected chi connectivity index (χ2v) is 19.3. The van der Waals surface area contributed by atoms with Crippen molar-refractivity contribution in [3.05, 3.63) is 85.1 Å². The molecule has 0 heterocycles. The Labute approximate surface area is 392 Å². The molecule has 0 amide bonds. The first-order valence-electron chi connectivity index (χ1n) is 25.3. The van der Waals surface area contributed by atoms with Crippen LogP contribution in [0.1, 0.15) is 194 Å². The fourth-order valence-electron chi connectivity index (χ4n) is 6.48. The van der Waals surface area contributed by atoms with Crippen LogP contribution in [-0.4, -0.2) is 74.9 Å². The summed E-state index contributed by atoms with van der Waals surface area (Å²) < 4.78 is 34.3. The van der Waals surface area contributed by atoms with Gasteiger partial charge in [0.2, 0.25) is 0 Å². The van der Waals surface area contributed by atoms with Gasteiger partial charge in [0, 0.05) is 12.8 Å². The predicted octanol–water partition coefficient (Wildman–Crippen LogP) is 15.1. The van der Waals surface area contributed by atoms with Crippen molar-refractivity contribution in [2.75, 3.05) is 47.5 Å². The number of carbonyl (C=O) groups is 2. The van der Waals surface area contributed by atoms with Gasteiger partial charge < -0.3 is 18.9 Å². The summed E-state index contributed by atoms with van der Waals surface area (Å²) in [7, 11) is 1.41. The molecule has 0 radical (unpaired) electrons. The molecule has 1 N–H and O–H groups in total. The molecule has 0 bridgehead atoms. The molecule has 0 saturated heterocycles. The Kier molecular flexibility index (Phi) is 43.4. The lowest BCUT2D eigenvalue weighted by atomic mass is 10.0. The largest absolute Gasteiger partial charge is 0.472 e. The number of hydrogen-bond donors (Lipinski definition) is 1. The lowest BCUT2D eigenvalue weighted by Gasteiger charge is -2.24. The molecule has 0 aromatic carbocycles. The van der Waals surface area contributed by atoms with E-state index in [1.165, 1.54) is 89.9 Å². The van der Waals surface area contributed by atoms with Crippen LogP contribution in [0.3, 0.4) is 0 Å². The van der Waals surface area contributed by atoms with Crippen molar-refractivity contribution >= 4 is 19.8 Å². The molecule has 0 aliphatic rings. The number of hydrogen-bond acceptors (Lipinski definition) is 7. The Hall–Kier alpha value is -2.81. The van der Waals surface area contributed by atoms with Gasteiger partial charge in [-0.3, -0.25) is 18.6 Å². The van der Waals surface area contributed by atoms with Crippen LogP contribution in [0.25, 0.3) is 0 Å². The average molecular weight is 917 g/mol. The Morgan fingerprint density at radius 3 is 1.39 bits per heavy atom. The van der Waals surface area contributed by atoms with Crippen LogP contribution in [0.15, 0.2) is 85.1 Å². The molecule has 2 atom stereocenters. The highest BCUT2D eigenvalue weighted by atomic mass is 31.2. The lowest BCUT2D eigenvalue weighted by molar-refractivity contribution is -0.870. The molecule has 0 fully saturated rings. The molecule has 0 aromatic heterocycles. The molecule has 64 heavy (non-hydrogen) atoms. The predicted molar refractivity (Wildman–Crippen MR) is 270 cm³/mol. The highest BCUT2D eigenvalue weighted by molar-refractivity contribution is 7.47. The molecule has 1 unspecified atom stereocenters. The van der Waals surface area contributed by atoms with E-state index in [0.29, 0.717) is 23.9 Å². The van der Waals surface area contributed by atoms with Gasteiger partial charge in [-0.2, -0.15) is 0 Å². The topological polar surface area (TPSA) is 108 Å². The van der Waals surface area contributed by atoms with E-state index in [0.717, 1.165) is 64.2 Å². The maximum atomic E-state index is 12.7. The second-order valence-electron chi connectivity index (χ2n) is 17.8. The van der Waals surface area contributed by atoms with Gasteiger partial charge in [-0.15, -0.1) is 0 Å². The van der Waals surface area contributed by atoms with Crippen molar-refractivity contribution in [3.63, 3.8) is 0 Å². The Balaban J connectivity index is 4.39. The van der Waals surface area contributed by atoms with Gasteiger partial charge in [0.25, 0.3) is 0 Å². The number of unbranched alkanes of at least 4 members (excludes halogenated alkanes) is 17. The van der Waals surface area contributed by atoms with E-state index in [2.05, 4.69) is 98.9 Å². The van der Waals surface area contributed by atoms with E-state index in [9.17, 15) is 19.0 Å². The number of nitrogens with zero attached hydrogens (tertiary/aromatic N) is 1. The maximum absolute atomic E-state index is 12.7. The van der Waals surface area contributed by atoms with Crippen molar-refractivity contribution in [3.8, 4) is 0 Å². The van der Waals surface area contributed by atoms with Crippen LogP contribution in [0.4, 0.5) is 0 Å². The quantitative estimate of drug-likeness (QED) is 0.0212. The minimum Gasteiger partial charge on any atom is -0.462 e. The number of phosphoric acid groups is 1. The lowest BCUT2D eigenvalue weighted by Crippen LogP contribution is -2.37. The van der Waals surface area contributed by atoms with Gasteiger partial charge in [-0.05, 0) is 83.5 Å². The van der Waals surface area contributed by atoms with E-state index >= 15 is 0 Å². The van der Waals surface area contributed by atoms with E-state index in [-0.39, 0.29) is 26.1 Å².